The van der Waals surface area contributed by atoms with E-state index in [4.69, 9.17) is 4.74 Å². The molecule has 0 radical (unpaired) electrons. The average Bonchev–Trinajstić information content (AvgIpc) is 2.38. The second-order valence-electron chi connectivity index (χ2n) is 5.23. The lowest BCUT2D eigenvalue weighted by Crippen LogP contribution is -2.35. The first-order chi connectivity index (χ1) is 6.02. The van der Waals surface area contributed by atoms with E-state index in [0.717, 1.165) is 38.5 Å². The third-order valence-electron chi connectivity index (χ3n) is 3.69. The molecule has 2 heterocycles. The Kier molecular flexibility index (Phi) is 2.16. The molecule has 0 aliphatic carbocycles. The summed E-state index contributed by atoms with van der Waals surface area (Å²) in [6.45, 7) is 4.38. The molecule has 76 valence electrons. The van der Waals surface area contributed by atoms with Gasteiger partial charge in [-0.1, -0.05) is 0 Å². The van der Waals surface area contributed by atoms with Crippen molar-refractivity contribution in [2.24, 2.45) is 0 Å². The van der Waals surface area contributed by atoms with Gasteiger partial charge in [-0.3, -0.25) is 0 Å². The molecule has 0 spiro atoms. The molecule has 2 bridgehead atoms. The maximum atomic E-state index is 9.65. The zero-order valence-corrected chi connectivity index (χ0v) is 8.68. The normalized spacial score (nSPS) is 51.5. The molecule has 2 fully saturated rings. The number of aliphatic hydroxyl groups excluding tert-OH is 1. The Morgan fingerprint density at radius 1 is 1.00 bits per heavy atom. The van der Waals surface area contributed by atoms with Gasteiger partial charge in [-0.25, -0.2) is 0 Å². The van der Waals surface area contributed by atoms with Crippen molar-refractivity contribution in [1.82, 2.24) is 0 Å². The zero-order valence-electron chi connectivity index (χ0n) is 8.68. The van der Waals surface area contributed by atoms with Gasteiger partial charge in [0.15, 0.2) is 0 Å². The number of hydrogen-bond acceptors (Lipinski definition) is 2. The summed E-state index contributed by atoms with van der Waals surface area (Å²) in [7, 11) is 0. The van der Waals surface area contributed by atoms with Gasteiger partial charge in [0, 0.05) is 0 Å². The standard InChI is InChI=1S/C11H20O2/c1-10-5-3-9(12)4-6-11(2,13-10)8-7-10/h9,12H,3-8H2,1-2H3/t9?,10-,11+. The Hall–Kier alpha value is -0.0800. The maximum absolute atomic E-state index is 9.65. The summed E-state index contributed by atoms with van der Waals surface area (Å²) in [4.78, 5) is 0. The van der Waals surface area contributed by atoms with Crippen molar-refractivity contribution in [3.63, 3.8) is 0 Å². The minimum absolute atomic E-state index is 0.0517. The fourth-order valence-electron chi connectivity index (χ4n) is 2.67. The molecule has 2 aliphatic heterocycles. The fraction of sp³-hybridized carbons (Fsp3) is 1.00. The van der Waals surface area contributed by atoms with Crippen LogP contribution in [-0.4, -0.2) is 22.4 Å². The Balaban J connectivity index is 2.12. The summed E-state index contributed by atoms with van der Waals surface area (Å²) in [5.74, 6) is 0. The number of hydrogen-bond donors (Lipinski definition) is 1. The highest BCUT2D eigenvalue weighted by molar-refractivity contribution is 4.94. The Morgan fingerprint density at radius 3 is 1.92 bits per heavy atom. The van der Waals surface area contributed by atoms with Crippen LogP contribution in [0.2, 0.25) is 0 Å². The van der Waals surface area contributed by atoms with Gasteiger partial charge in [0.05, 0.1) is 17.3 Å². The zero-order chi connectivity index (χ0) is 9.53. The van der Waals surface area contributed by atoms with Crippen LogP contribution in [0.25, 0.3) is 0 Å². The topological polar surface area (TPSA) is 29.5 Å². The summed E-state index contributed by atoms with van der Waals surface area (Å²) in [6.07, 6.45) is 6.08. The Bertz CT molecular complexity index is 184. The first kappa shape index (κ1) is 9.47. The van der Waals surface area contributed by atoms with Crippen molar-refractivity contribution in [2.45, 2.75) is 69.7 Å². The quantitative estimate of drug-likeness (QED) is 0.625. The average molecular weight is 184 g/mol. The molecular formula is C11H20O2. The van der Waals surface area contributed by atoms with Crippen LogP contribution in [-0.2, 0) is 4.74 Å². The van der Waals surface area contributed by atoms with Crippen molar-refractivity contribution >= 4 is 0 Å². The van der Waals surface area contributed by atoms with Gasteiger partial charge in [0.2, 0.25) is 0 Å². The SMILES string of the molecule is C[C@]12CCC(O)CC[C@](C)(CC1)O2. The molecule has 2 heteroatoms. The van der Waals surface area contributed by atoms with E-state index < -0.39 is 0 Å². The van der Waals surface area contributed by atoms with Crippen molar-refractivity contribution in [1.29, 1.82) is 0 Å². The highest BCUT2D eigenvalue weighted by atomic mass is 16.5. The Morgan fingerprint density at radius 2 is 1.46 bits per heavy atom. The second kappa shape index (κ2) is 2.96. The van der Waals surface area contributed by atoms with Gasteiger partial charge < -0.3 is 9.84 Å². The van der Waals surface area contributed by atoms with E-state index >= 15 is 0 Å². The van der Waals surface area contributed by atoms with Crippen molar-refractivity contribution in [3.05, 3.63) is 0 Å². The second-order valence-corrected chi connectivity index (χ2v) is 5.23. The van der Waals surface area contributed by atoms with Gasteiger partial charge >= 0.3 is 0 Å². The molecule has 0 saturated carbocycles. The number of fused-ring (bicyclic) bond motifs is 2. The van der Waals surface area contributed by atoms with E-state index in [9.17, 15) is 5.11 Å². The van der Waals surface area contributed by atoms with E-state index in [2.05, 4.69) is 13.8 Å². The third-order valence-corrected chi connectivity index (χ3v) is 3.69. The lowest BCUT2D eigenvalue weighted by atomic mass is 9.95. The number of ether oxygens (including phenoxy) is 1. The van der Waals surface area contributed by atoms with Crippen LogP contribution in [0, 0.1) is 0 Å². The van der Waals surface area contributed by atoms with Crippen LogP contribution in [0.4, 0.5) is 0 Å². The largest absolute Gasteiger partial charge is 0.393 e. The molecule has 1 N–H and O–H groups in total. The first-order valence-electron chi connectivity index (χ1n) is 5.40. The van der Waals surface area contributed by atoms with Crippen LogP contribution >= 0.6 is 0 Å². The van der Waals surface area contributed by atoms with Crippen molar-refractivity contribution in [3.8, 4) is 0 Å². The lowest BCUT2D eigenvalue weighted by molar-refractivity contribution is -0.111. The van der Waals surface area contributed by atoms with Crippen LogP contribution in [0.15, 0.2) is 0 Å². The summed E-state index contributed by atoms with van der Waals surface area (Å²) in [5, 5.41) is 9.65. The van der Waals surface area contributed by atoms with Crippen LogP contribution in [0.3, 0.4) is 0 Å². The van der Waals surface area contributed by atoms with E-state index in [0.29, 0.717) is 0 Å². The minimum Gasteiger partial charge on any atom is -0.393 e. The van der Waals surface area contributed by atoms with E-state index in [1.807, 2.05) is 0 Å². The first-order valence-corrected chi connectivity index (χ1v) is 5.40. The maximum Gasteiger partial charge on any atom is 0.0664 e. The predicted molar refractivity (Wildman–Crippen MR) is 51.6 cm³/mol. The molecule has 0 aromatic carbocycles. The molecular weight excluding hydrogens is 164 g/mol. The molecule has 2 nitrogen and oxygen atoms in total. The van der Waals surface area contributed by atoms with Gasteiger partial charge in [0.1, 0.15) is 0 Å². The smallest absolute Gasteiger partial charge is 0.0664 e. The fourth-order valence-corrected chi connectivity index (χ4v) is 2.67. The third kappa shape index (κ3) is 1.89. The molecule has 13 heavy (non-hydrogen) atoms. The van der Waals surface area contributed by atoms with Crippen LogP contribution in [0.5, 0.6) is 0 Å². The van der Waals surface area contributed by atoms with Gasteiger partial charge in [0.25, 0.3) is 0 Å². The highest BCUT2D eigenvalue weighted by Gasteiger charge is 2.44. The molecule has 2 rings (SSSR count). The summed E-state index contributed by atoms with van der Waals surface area (Å²) >= 11 is 0. The summed E-state index contributed by atoms with van der Waals surface area (Å²) in [5.41, 5.74) is 0.103. The van der Waals surface area contributed by atoms with Gasteiger partial charge in [-0.15, -0.1) is 0 Å². The molecule has 3 atom stereocenters. The summed E-state index contributed by atoms with van der Waals surface area (Å²) in [6, 6.07) is 0. The Labute approximate surface area is 80.3 Å². The molecule has 0 aromatic heterocycles. The molecule has 0 aromatic rings. The predicted octanol–water partition coefficient (Wildman–Crippen LogP) is 2.25. The van der Waals surface area contributed by atoms with E-state index in [-0.39, 0.29) is 17.3 Å². The van der Waals surface area contributed by atoms with Crippen LogP contribution in [0.1, 0.15) is 52.4 Å². The summed E-state index contributed by atoms with van der Waals surface area (Å²) < 4.78 is 6.11. The van der Waals surface area contributed by atoms with Gasteiger partial charge in [-0.2, -0.15) is 0 Å². The van der Waals surface area contributed by atoms with Crippen LogP contribution < -0.4 is 0 Å². The number of rotatable bonds is 0. The highest BCUT2D eigenvalue weighted by Crippen LogP contribution is 2.44. The molecule has 2 saturated heterocycles. The molecule has 0 amide bonds. The monoisotopic (exact) mass is 184 g/mol. The van der Waals surface area contributed by atoms with Crippen molar-refractivity contribution in [2.75, 3.05) is 0 Å². The van der Waals surface area contributed by atoms with Crippen molar-refractivity contribution < 1.29 is 9.84 Å². The number of aliphatic hydroxyl groups is 1. The lowest BCUT2D eigenvalue weighted by Gasteiger charge is -2.34. The van der Waals surface area contributed by atoms with E-state index in [1.54, 1.807) is 0 Å². The van der Waals surface area contributed by atoms with E-state index in [1.165, 1.54) is 0 Å². The molecule has 2 aliphatic rings. The minimum atomic E-state index is -0.0966. The van der Waals surface area contributed by atoms with Gasteiger partial charge in [-0.05, 0) is 52.4 Å². The molecule has 1 unspecified atom stereocenters.